The molecule has 1 heterocycles. The molecule has 4 aromatic rings. The molecule has 4 aromatic carbocycles. The van der Waals surface area contributed by atoms with Crippen LogP contribution in [0, 0.1) is 13.8 Å². The van der Waals surface area contributed by atoms with Gasteiger partial charge in [-0.05, 0) is 53.8 Å². The van der Waals surface area contributed by atoms with Gasteiger partial charge in [-0.1, -0.05) is 78.4 Å². The van der Waals surface area contributed by atoms with Crippen LogP contribution in [0.1, 0.15) is 33.4 Å². The van der Waals surface area contributed by atoms with E-state index < -0.39 is 0 Å². The van der Waals surface area contributed by atoms with E-state index >= 15 is 0 Å². The summed E-state index contributed by atoms with van der Waals surface area (Å²) in [6.45, 7) is 4.40. The van der Waals surface area contributed by atoms with Gasteiger partial charge in [-0.3, -0.25) is 0 Å². The molecule has 0 saturated heterocycles. The van der Waals surface area contributed by atoms with Crippen molar-refractivity contribution in [1.29, 1.82) is 0 Å². The summed E-state index contributed by atoms with van der Waals surface area (Å²) in [4.78, 5) is 0. The number of benzene rings is 4. The molecule has 0 fully saturated rings. The Labute approximate surface area is 165 Å². The van der Waals surface area contributed by atoms with E-state index in [2.05, 4.69) is 98.8 Å². The number of rotatable bonds is 0. The molecule has 1 aliphatic carbocycles. The number of fused-ring (bicyclic) bond motifs is 9. The fraction of sp³-hybridized carbons (Fsp3) is 0.111. The zero-order valence-electron chi connectivity index (χ0n) is 16.0. The van der Waals surface area contributed by atoms with E-state index in [1.807, 2.05) is 0 Å². The van der Waals surface area contributed by atoms with Crippen LogP contribution in [0.5, 0.6) is 11.5 Å². The minimum atomic E-state index is -0.337. The number of para-hydroxylation sites is 2. The molecular weight excluding hydrogens is 340 g/mol. The first kappa shape index (κ1) is 15.7. The van der Waals surface area contributed by atoms with Crippen LogP contribution in [0.15, 0.2) is 84.9 Å². The Morgan fingerprint density at radius 1 is 0.607 bits per heavy atom. The molecule has 0 bridgehead atoms. The summed E-state index contributed by atoms with van der Waals surface area (Å²) >= 11 is 0. The molecule has 0 radical (unpaired) electrons. The first-order chi connectivity index (χ1) is 13.7. The van der Waals surface area contributed by atoms with Gasteiger partial charge >= 0.3 is 0 Å². The molecule has 28 heavy (non-hydrogen) atoms. The van der Waals surface area contributed by atoms with E-state index in [0.29, 0.717) is 0 Å². The molecule has 1 aliphatic heterocycles. The van der Waals surface area contributed by atoms with E-state index in [1.54, 1.807) is 0 Å². The number of ether oxygens (including phenoxy) is 1. The van der Waals surface area contributed by atoms with Crippen LogP contribution in [0.2, 0.25) is 0 Å². The fourth-order valence-corrected chi connectivity index (χ4v) is 5.25. The Morgan fingerprint density at radius 2 is 1.25 bits per heavy atom. The van der Waals surface area contributed by atoms with Crippen LogP contribution >= 0.6 is 0 Å². The highest BCUT2D eigenvalue weighted by atomic mass is 16.5. The first-order valence-corrected chi connectivity index (χ1v) is 9.79. The molecular formula is C27H20O. The van der Waals surface area contributed by atoms with E-state index in [1.165, 1.54) is 44.5 Å². The summed E-state index contributed by atoms with van der Waals surface area (Å²) < 4.78 is 6.35. The van der Waals surface area contributed by atoms with Gasteiger partial charge in [-0.2, -0.15) is 0 Å². The molecule has 0 N–H and O–H groups in total. The second kappa shape index (κ2) is 5.36. The quantitative estimate of drug-likeness (QED) is 0.290. The van der Waals surface area contributed by atoms with E-state index in [0.717, 1.165) is 11.5 Å². The van der Waals surface area contributed by atoms with E-state index in [9.17, 15) is 0 Å². The standard InChI is InChI=1S/C27H20O/c1-17-14-15-20-19(16-17)26-18(2)8-7-11-23(26)27(20)21-9-3-5-12-24(21)28-25-13-6-4-10-22(25)27/h3-16H,1-2H3. The molecule has 0 aromatic heterocycles. The van der Waals surface area contributed by atoms with Crippen LogP contribution in [-0.2, 0) is 5.41 Å². The zero-order valence-corrected chi connectivity index (χ0v) is 16.0. The third-order valence-electron chi connectivity index (χ3n) is 6.33. The second-order valence-electron chi connectivity index (χ2n) is 7.89. The maximum atomic E-state index is 6.35. The van der Waals surface area contributed by atoms with Crippen molar-refractivity contribution in [3.63, 3.8) is 0 Å². The van der Waals surface area contributed by atoms with Crippen molar-refractivity contribution in [1.82, 2.24) is 0 Å². The Balaban J connectivity index is 1.87. The molecule has 2 aliphatic rings. The zero-order chi connectivity index (χ0) is 18.9. The third kappa shape index (κ3) is 1.77. The number of hydrogen-bond donors (Lipinski definition) is 0. The Hall–Kier alpha value is -3.32. The average molecular weight is 360 g/mol. The highest BCUT2D eigenvalue weighted by Gasteiger charge is 2.51. The van der Waals surface area contributed by atoms with Crippen LogP contribution in [0.4, 0.5) is 0 Å². The van der Waals surface area contributed by atoms with Crippen LogP contribution in [0.25, 0.3) is 11.1 Å². The second-order valence-corrected chi connectivity index (χ2v) is 7.89. The summed E-state index contributed by atoms with van der Waals surface area (Å²) in [6, 6.07) is 30.6. The van der Waals surface area contributed by atoms with Crippen LogP contribution in [-0.4, -0.2) is 0 Å². The molecule has 0 unspecified atom stereocenters. The topological polar surface area (TPSA) is 9.23 Å². The van der Waals surface area contributed by atoms with Crippen molar-refractivity contribution in [3.05, 3.63) is 118 Å². The molecule has 0 saturated carbocycles. The molecule has 1 heteroatoms. The van der Waals surface area contributed by atoms with Crippen molar-refractivity contribution in [3.8, 4) is 22.6 Å². The van der Waals surface area contributed by atoms with Gasteiger partial charge in [0.2, 0.25) is 0 Å². The highest BCUT2D eigenvalue weighted by Crippen LogP contribution is 2.62. The predicted octanol–water partition coefficient (Wildman–Crippen LogP) is 6.77. The predicted molar refractivity (Wildman–Crippen MR) is 113 cm³/mol. The summed E-state index contributed by atoms with van der Waals surface area (Å²) in [6.07, 6.45) is 0. The van der Waals surface area contributed by atoms with Gasteiger partial charge in [0, 0.05) is 11.1 Å². The van der Waals surface area contributed by atoms with Gasteiger partial charge in [0.15, 0.2) is 0 Å². The highest BCUT2D eigenvalue weighted by molar-refractivity contribution is 5.90. The SMILES string of the molecule is Cc1ccc2c(c1)-c1c(C)cccc1C21c2ccccc2Oc2ccccc21. The Bertz CT molecular complexity index is 1220. The van der Waals surface area contributed by atoms with Crippen molar-refractivity contribution in [2.75, 3.05) is 0 Å². The third-order valence-corrected chi connectivity index (χ3v) is 6.33. The van der Waals surface area contributed by atoms with Gasteiger partial charge in [-0.15, -0.1) is 0 Å². The minimum Gasteiger partial charge on any atom is -0.457 e. The van der Waals surface area contributed by atoms with Crippen molar-refractivity contribution >= 4 is 0 Å². The number of hydrogen-bond acceptors (Lipinski definition) is 1. The lowest BCUT2D eigenvalue weighted by atomic mass is 9.66. The summed E-state index contributed by atoms with van der Waals surface area (Å²) in [5.41, 5.74) is 10.2. The van der Waals surface area contributed by atoms with Crippen molar-refractivity contribution in [2.45, 2.75) is 19.3 Å². The summed E-state index contributed by atoms with van der Waals surface area (Å²) in [5.74, 6) is 1.89. The molecule has 6 rings (SSSR count). The van der Waals surface area contributed by atoms with Gasteiger partial charge in [0.1, 0.15) is 11.5 Å². The average Bonchev–Trinajstić information content (AvgIpc) is 3.00. The summed E-state index contributed by atoms with van der Waals surface area (Å²) in [5, 5.41) is 0. The van der Waals surface area contributed by atoms with Crippen LogP contribution < -0.4 is 4.74 Å². The largest absolute Gasteiger partial charge is 0.457 e. The Morgan fingerprint density at radius 3 is 1.96 bits per heavy atom. The molecule has 1 spiro atoms. The van der Waals surface area contributed by atoms with Crippen molar-refractivity contribution < 1.29 is 4.74 Å². The maximum Gasteiger partial charge on any atom is 0.132 e. The fourth-order valence-electron chi connectivity index (χ4n) is 5.25. The molecule has 0 amide bonds. The number of aryl methyl sites for hydroxylation is 2. The lowest BCUT2D eigenvalue weighted by molar-refractivity contribution is 0.436. The normalized spacial score (nSPS) is 14.6. The van der Waals surface area contributed by atoms with E-state index in [-0.39, 0.29) is 5.41 Å². The molecule has 134 valence electrons. The smallest absolute Gasteiger partial charge is 0.132 e. The van der Waals surface area contributed by atoms with Crippen LogP contribution in [0.3, 0.4) is 0 Å². The first-order valence-electron chi connectivity index (χ1n) is 9.79. The monoisotopic (exact) mass is 360 g/mol. The van der Waals surface area contributed by atoms with E-state index in [4.69, 9.17) is 4.74 Å². The molecule has 0 atom stereocenters. The van der Waals surface area contributed by atoms with Gasteiger partial charge < -0.3 is 4.74 Å². The summed E-state index contributed by atoms with van der Waals surface area (Å²) in [7, 11) is 0. The van der Waals surface area contributed by atoms with Crippen molar-refractivity contribution in [2.24, 2.45) is 0 Å². The maximum absolute atomic E-state index is 6.35. The molecule has 1 nitrogen and oxygen atoms in total. The van der Waals surface area contributed by atoms with Gasteiger partial charge in [0.25, 0.3) is 0 Å². The van der Waals surface area contributed by atoms with Gasteiger partial charge in [-0.25, -0.2) is 0 Å². The Kier molecular flexibility index (Phi) is 3.01. The lowest BCUT2D eigenvalue weighted by Crippen LogP contribution is -2.32. The van der Waals surface area contributed by atoms with Gasteiger partial charge in [0.05, 0.1) is 5.41 Å². The lowest BCUT2D eigenvalue weighted by Gasteiger charge is -2.39. The minimum absolute atomic E-state index is 0.337.